The third kappa shape index (κ3) is 5.66. The van der Waals surface area contributed by atoms with E-state index in [1.807, 2.05) is 35.2 Å². The van der Waals surface area contributed by atoms with Gasteiger partial charge in [-0.3, -0.25) is 9.59 Å². The largest absolute Gasteiger partial charge is 0.496 e. The van der Waals surface area contributed by atoms with E-state index in [2.05, 4.69) is 65.2 Å². The topological polar surface area (TPSA) is 70.7 Å². The average molecular weight is 522 g/mol. The van der Waals surface area contributed by atoms with E-state index < -0.39 is 6.04 Å². The predicted molar refractivity (Wildman–Crippen MR) is 156 cm³/mol. The van der Waals surface area contributed by atoms with E-state index in [1.54, 1.807) is 21.1 Å². The molecule has 0 saturated heterocycles. The molecule has 1 unspecified atom stereocenters. The Hall–Kier alpha value is -4.16. The average Bonchev–Trinajstić information content (AvgIpc) is 3.09. The second-order valence-corrected chi connectivity index (χ2v) is 10.1. The van der Waals surface area contributed by atoms with Crippen LogP contribution in [0.3, 0.4) is 0 Å². The van der Waals surface area contributed by atoms with Gasteiger partial charge in [-0.05, 0) is 72.8 Å². The summed E-state index contributed by atoms with van der Waals surface area (Å²) in [6.07, 6.45) is 2.10. The molecule has 2 N–H and O–H groups in total. The number of anilines is 1. The lowest BCUT2D eigenvalue weighted by molar-refractivity contribution is -0.128. The minimum absolute atomic E-state index is 0.114. The summed E-state index contributed by atoms with van der Waals surface area (Å²) in [4.78, 5) is 28.5. The summed E-state index contributed by atoms with van der Waals surface area (Å²) in [7, 11) is 3.40. The number of hydrogen-bond acceptors (Lipinski definition) is 4. The van der Waals surface area contributed by atoms with E-state index in [1.165, 1.54) is 11.1 Å². The number of nitrogens with zero attached hydrogens (tertiary/aromatic N) is 1. The third-order valence-electron chi connectivity index (χ3n) is 7.63. The van der Waals surface area contributed by atoms with E-state index in [4.69, 9.17) is 4.74 Å². The Morgan fingerprint density at radius 1 is 1.00 bits per heavy atom. The first-order valence-electron chi connectivity index (χ1n) is 13.5. The van der Waals surface area contributed by atoms with Crippen molar-refractivity contribution >= 4 is 28.3 Å². The number of nitrogens with one attached hydrogen (secondary N) is 2. The molecular formula is C33H35N3O3. The molecule has 0 aromatic heterocycles. The first-order chi connectivity index (χ1) is 19.0. The fourth-order valence-corrected chi connectivity index (χ4v) is 5.32. The third-order valence-corrected chi connectivity index (χ3v) is 7.63. The van der Waals surface area contributed by atoms with Gasteiger partial charge in [0.05, 0.1) is 19.7 Å². The molecule has 4 aromatic rings. The Kier molecular flexibility index (Phi) is 7.94. The minimum atomic E-state index is -0.612. The number of aryl methyl sites for hydroxylation is 1. The van der Waals surface area contributed by atoms with Crippen LogP contribution in [0.25, 0.3) is 10.8 Å². The highest BCUT2D eigenvalue weighted by atomic mass is 16.5. The number of rotatable bonds is 8. The Bertz CT molecular complexity index is 1480. The smallest absolute Gasteiger partial charge is 0.249 e. The first kappa shape index (κ1) is 26.4. The number of amides is 2. The van der Waals surface area contributed by atoms with Crippen molar-refractivity contribution in [1.82, 2.24) is 10.6 Å². The van der Waals surface area contributed by atoms with Crippen LogP contribution in [0, 0.1) is 0 Å². The molecule has 39 heavy (non-hydrogen) atoms. The lowest BCUT2D eigenvalue weighted by Gasteiger charge is -2.28. The van der Waals surface area contributed by atoms with Gasteiger partial charge in [-0.25, -0.2) is 0 Å². The van der Waals surface area contributed by atoms with Crippen molar-refractivity contribution in [2.45, 2.75) is 44.8 Å². The maximum absolute atomic E-state index is 14.0. The molecule has 0 spiro atoms. The van der Waals surface area contributed by atoms with Crippen LogP contribution >= 0.6 is 0 Å². The van der Waals surface area contributed by atoms with Gasteiger partial charge in [-0.1, -0.05) is 72.8 Å². The number of methoxy groups -OCH3 is 1. The van der Waals surface area contributed by atoms with E-state index >= 15 is 0 Å². The van der Waals surface area contributed by atoms with E-state index in [0.29, 0.717) is 19.4 Å². The molecule has 0 aliphatic carbocycles. The standard InChI is InChI=1S/C33H35N3O3/c1-22(34-2)32(37)35-29-17-14-25-11-7-8-12-30(25)36(33(29)38)21-28-27-16-13-24(19-23-9-5-4-6-10-23)20-26(27)15-18-31(28)39-3/h4-13,15-16,18,20,22,29,34H,14,17,19,21H2,1-3H3,(H,35,37)/t22-,29?/m0/s1. The van der Waals surface area contributed by atoms with Crippen LogP contribution in [0.2, 0.25) is 0 Å². The zero-order valence-corrected chi connectivity index (χ0v) is 22.7. The molecule has 0 saturated carbocycles. The lowest BCUT2D eigenvalue weighted by Crippen LogP contribution is -2.52. The molecule has 4 aromatic carbocycles. The van der Waals surface area contributed by atoms with Crippen molar-refractivity contribution in [1.29, 1.82) is 0 Å². The van der Waals surface area contributed by atoms with Crippen LogP contribution in [0.5, 0.6) is 5.75 Å². The van der Waals surface area contributed by atoms with Crippen LogP contribution < -0.4 is 20.3 Å². The highest BCUT2D eigenvalue weighted by molar-refractivity contribution is 6.01. The number of para-hydroxylation sites is 1. The fraction of sp³-hybridized carbons (Fsp3) is 0.273. The molecule has 0 fully saturated rings. The molecule has 6 heteroatoms. The van der Waals surface area contributed by atoms with Crippen LogP contribution in [0.15, 0.2) is 84.9 Å². The second kappa shape index (κ2) is 11.7. The highest BCUT2D eigenvalue weighted by Crippen LogP contribution is 2.34. The van der Waals surface area contributed by atoms with Gasteiger partial charge in [0.1, 0.15) is 11.8 Å². The zero-order chi connectivity index (χ0) is 27.4. The van der Waals surface area contributed by atoms with Gasteiger partial charge in [0.25, 0.3) is 0 Å². The van der Waals surface area contributed by atoms with Crippen molar-refractivity contribution < 1.29 is 14.3 Å². The molecule has 1 aliphatic rings. The Morgan fingerprint density at radius 2 is 1.77 bits per heavy atom. The van der Waals surface area contributed by atoms with Gasteiger partial charge in [-0.15, -0.1) is 0 Å². The molecule has 200 valence electrons. The molecule has 5 rings (SSSR count). The molecular weight excluding hydrogens is 486 g/mol. The Labute approximate surface area is 230 Å². The van der Waals surface area contributed by atoms with Crippen molar-refractivity contribution in [2.75, 3.05) is 19.1 Å². The van der Waals surface area contributed by atoms with Gasteiger partial charge in [0, 0.05) is 11.3 Å². The van der Waals surface area contributed by atoms with Gasteiger partial charge in [0.15, 0.2) is 0 Å². The quantitative estimate of drug-likeness (QED) is 0.342. The summed E-state index contributed by atoms with van der Waals surface area (Å²) >= 11 is 0. The first-order valence-corrected chi connectivity index (χ1v) is 13.5. The normalized spacial score (nSPS) is 15.9. The lowest BCUT2D eigenvalue weighted by atomic mass is 9.97. The number of carbonyl (C=O) groups excluding carboxylic acids is 2. The number of ether oxygens (including phenoxy) is 1. The number of benzene rings is 4. The van der Waals surface area contributed by atoms with Gasteiger partial charge in [-0.2, -0.15) is 0 Å². The molecule has 2 atom stereocenters. The summed E-state index contributed by atoms with van der Waals surface area (Å²) in [6, 6.07) is 28.0. The molecule has 0 radical (unpaired) electrons. The Balaban J connectivity index is 1.52. The summed E-state index contributed by atoms with van der Waals surface area (Å²) in [5.41, 5.74) is 5.40. The van der Waals surface area contributed by atoms with Crippen molar-refractivity contribution in [2.24, 2.45) is 0 Å². The maximum Gasteiger partial charge on any atom is 0.249 e. The van der Waals surface area contributed by atoms with Crippen molar-refractivity contribution in [3.8, 4) is 5.75 Å². The molecule has 1 heterocycles. The van der Waals surface area contributed by atoms with E-state index in [0.717, 1.165) is 39.8 Å². The predicted octanol–water partition coefficient (Wildman–Crippen LogP) is 5.01. The second-order valence-electron chi connectivity index (χ2n) is 10.1. The van der Waals surface area contributed by atoms with Gasteiger partial charge < -0.3 is 20.3 Å². The number of carbonyl (C=O) groups is 2. The monoisotopic (exact) mass is 521 g/mol. The Morgan fingerprint density at radius 3 is 2.54 bits per heavy atom. The SMILES string of the molecule is CN[C@@H](C)C(=O)NC1CCc2ccccc2N(Cc2c(OC)ccc3cc(Cc4ccccc4)ccc23)C1=O. The fourth-order valence-electron chi connectivity index (χ4n) is 5.32. The van der Waals surface area contributed by atoms with E-state index in [-0.39, 0.29) is 17.9 Å². The van der Waals surface area contributed by atoms with Crippen LogP contribution in [-0.4, -0.2) is 38.1 Å². The molecule has 0 bridgehead atoms. The summed E-state index contributed by atoms with van der Waals surface area (Å²) < 4.78 is 5.80. The summed E-state index contributed by atoms with van der Waals surface area (Å²) in [6.45, 7) is 2.12. The molecule has 1 aliphatic heterocycles. The summed E-state index contributed by atoms with van der Waals surface area (Å²) in [5.74, 6) is 0.434. The van der Waals surface area contributed by atoms with E-state index in [9.17, 15) is 9.59 Å². The van der Waals surface area contributed by atoms with Crippen LogP contribution in [-0.2, 0) is 29.0 Å². The number of likely N-dealkylation sites (N-methyl/N-ethyl adjacent to an activating group) is 1. The minimum Gasteiger partial charge on any atom is -0.496 e. The maximum atomic E-state index is 14.0. The van der Waals surface area contributed by atoms with Gasteiger partial charge in [0.2, 0.25) is 11.8 Å². The van der Waals surface area contributed by atoms with Crippen LogP contribution in [0.1, 0.15) is 35.6 Å². The van der Waals surface area contributed by atoms with Crippen molar-refractivity contribution in [3.63, 3.8) is 0 Å². The zero-order valence-electron chi connectivity index (χ0n) is 22.7. The molecule has 2 amide bonds. The van der Waals surface area contributed by atoms with Crippen LogP contribution in [0.4, 0.5) is 5.69 Å². The molecule has 6 nitrogen and oxygen atoms in total. The summed E-state index contributed by atoms with van der Waals surface area (Å²) in [5, 5.41) is 8.08. The number of hydrogen-bond donors (Lipinski definition) is 2. The highest BCUT2D eigenvalue weighted by Gasteiger charge is 2.33. The van der Waals surface area contributed by atoms with Gasteiger partial charge >= 0.3 is 0 Å². The van der Waals surface area contributed by atoms with Crippen molar-refractivity contribution in [3.05, 3.63) is 107 Å². The number of fused-ring (bicyclic) bond motifs is 2.